The second-order valence-corrected chi connectivity index (χ2v) is 8.22. The van der Waals surface area contributed by atoms with Crippen LogP contribution in [0.15, 0.2) is 39.6 Å². The predicted molar refractivity (Wildman–Crippen MR) is 108 cm³/mol. The van der Waals surface area contributed by atoms with E-state index < -0.39 is 0 Å². The topological polar surface area (TPSA) is 81.2 Å². The van der Waals surface area contributed by atoms with Gasteiger partial charge in [0, 0.05) is 31.6 Å². The molecule has 1 saturated carbocycles. The molecule has 1 aliphatic carbocycles. The number of amides is 1. The van der Waals surface area contributed by atoms with E-state index >= 15 is 0 Å². The van der Waals surface area contributed by atoms with Gasteiger partial charge in [0.25, 0.3) is 11.5 Å². The van der Waals surface area contributed by atoms with Crippen molar-refractivity contribution in [2.24, 2.45) is 5.92 Å². The van der Waals surface area contributed by atoms with E-state index in [4.69, 9.17) is 4.52 Å². The number of carbonyl (C=O) groups excluding carboxylic acids is 1. The van der Waals surface area contributed by atoms with Crippen LogP contribution in [0.1, 0.15) is 53.7 Å². The fraction of sp³-hybridized carbons (Fsp3) is 0.455. The Labute approximate surface area is 168 Å². The number of benzene rings is 1. The molecular weight excluding hydrogens is 368 g/mol. The average molecular weight is 392 g/mol. The van der Waals surface area contributed by atoms with Crippen molar-refractivity contribution in [3.05, 3.63) is 58.0 Å². The van der Waals surface area contributed by atoms with Gasteiger partial charge in [-0.1, -0.05) is 17.3 Å². The first-order valence-electron chi connectivity index (χ1n) is 10.3. The summed E-state index contributed by atoms with van der Waals surface area (Å²) in [6.07, 6.45) is 3.96. The zero-order chi connectivity index (χ0) is 20.0. The maximum atomic E-state index is 12.9. The van der Waals surface area contributed by atoms with Crippen molar-refractivity contribution in [3.8, 4) is 0 Å². The first-order chi connectivity index (χ1) is 14.1. The maximum Gasteiger partial charge on any atom is 0.276 e. The first-order valence-corrected chi connectivity index (χ1v) is 10.3. The third-order valence-corrected chi connectivity index (χ3v) is 6.12. The van der Waals surface area contributed by atoms with Crippen LogP contribution in [0.4, 0.5) is 0 Å². The lowest BCUT2D eigenvalue weighted by Gasteiger charge is -2.32. The second kappa shape index (κ2) is 7.13. The Bertz CT molecular complexity index is 1120. The van der Waals surface area contributed by atoms with E-state index in [0.717, 1.165) is 42.8 Å². The molecule has 7 heteroatoms. The molecule has 1 aromatic carbocycles. The quantitative estimate of drug-likeness (QED) is 0.681. The lowest BCUT2D eigenvalue weighted by Crippen LogP contribution is -2.40. The summed E-state index contributed by atoms with van der Waals surface area (Å²) in [6.45, 7) is 3.86. The summed E-state index contributed by atoms with van der Waals surface area (Å²) >= 11 is 0. The summed E-state index contributed by atoms with van der Waals surface area (Å²) in [6, 6.07) is 9.27. The lowest BCUT2D eigenvalue weighted by atomic mass is 9.96. The highest BCUT2D eigenvalue weighted by Gasteiger charge is 2.31. The van der Waals surface area contributed by atoms with Gasteiger partial charge in [0.1, 0.15) is 11.6 Å². The van der Waals surface area contributed by atoms with Gasteiger partial charge >= 0.3 is 0 Å². The van der Waals surface area contributed by atoms with Crippen LogP contribution < -0.4 is 5.56 Å². The number of nitrogens with zero attached hydrogens (tertiary/aromatic N) is 4. The van der Waals surface area contributed by atoms with E-state index in [2.05, 4.69) is 10.1 Å². The molecule has 0 radical (unpaired) electrons. The van der Waals surface area contributed by atoms with Crippen molar-refractivity contribution in [3.63, 3.8) is 0 Å². The number of hydrogen-bond donors (Lipinski definition) is 0. The van der Waals surface area contributed by atoms with E-state index in [-0.39, 0.29) is 11.5 Å². The number of carbonyl (C=O) groups is 1. The third-order valence-electron chi connectivity index (χ3n) is 6.12. The Balaban J connectivity index is 1.25. The van der Waals surface area contributed by atoms with Crippen molar-refractivity contribution < 1.29 is 9.32 Å². The van der Waals surface area contributed by atoms with E-state index in [1.165, 1.54) is 0 Å². The molecule has 1 saturated heterocycles. The molecule has 0 N–H and O–H groups in total. The van der Waals surface area contributed by atoms with Crippen LogP contribution in [0.5, 0.6) is 0 Å². The van der Waals surface area contributed by atoms with E-state index in [9.17, 15) is 9.59 Å². The summed E-state index contributed by atoms with van der Waals surface area (Å²) in [4.78, 5) is 32.0. The number of hydrogen-bond acceptors (Lipinski definition) is 5. The van der Waals surface area contributed by atoms with Gasteiger partial charge in [-0.3, -0.25) is 14.2 Å². The van der Waals surface area contributed by atoms with Crippen molar-refractivity contribution >= 4 is 16.8 Å². The van der Waals surface area contributed by atoms with Gasteiger partial charge in [-0.2, -0.15) is 0 Å². The summed E-state index contributed by atoms with van der Waals surface area (Å²) in [5.41, 5.74) is 1.17. The van der Waals surface area contributed by atoms with Gasteiger partial charge in [0.15, 0.2) is 5.69 Å². The minimum Gasteiger partial charge on any atom is -0.360 e. The Morgan fingerprint density at radius 2 is 1.93 bits per heavy atom. The zero-order valence-electron chi connectivity index (χ0n) is 16.5. The molecule has 5 rings (SSSR count). The van der Waals surface area contributed by atoms with Crippen molar-refractivity contribution in [2.45, 2.75) is 45.1 Å². The van der Waals surface area contributed by atoms with Gasteiger partial charge in [0.05, 0.1) is 10.9 Å². The number of aromatic nitrogens is 3. The standard InChI is InChI=1S/C22H24N4O3/c1-14-23-18-5-3-2-4-17(18)21(27)26(14)13-15-8-10-25(11-9-15)22(28)19-12-20(29-24-19)16-6-7-16/h2-5,12,15-16H,6-11,13H2,1H3. The number of piperidine rings is 1. The molecule has 0 spiro atoms. The molecular formula is C22H24N4O3. The summed E-state index contributed by atoms with van der Waals surface area (Å²) in [7, 11) is 0. The molecule has 2 aromatic heterocycles. The molecule has 7 nitrogen and oxygen atoms in total. The van der Waals surface area contributed by atoms with Crippen LogP contribution in [0.25, 0.3) is 10.9 Å². The largest absolute Gasteiger partial charge is 0.360 e. The van der Waals surface area contributed by atoms with Gasteiger partial charge in [-0.05, 0) is 50.7 Å². The molecule has 0 bridgehead atoms. The minimum atomic E-state index is -0.0557. The van der Waals surface area contributed by atoms with Crippen LogP contribution >= 0.6 is 0 Å². The van der Waals surface area contributed by atoms with Gasteiger partial charge < -0.3 is 9.42 Å². The number of likely N-dealkylation sites (tertiary alicyclic amines) is 1. The molecule has 1 amide bonds. The van der Waals surface area contributed by atoms with Crippen LogP contribution in [0.3, 0.4) is 0 Å². The van der Waals surface area contributed by atoms with Crippen molar-refractivity contribution in [1.82, 2.24) is 19.6 Å². The van der Waals surface area contributed by atoms with E-state index in [0.29, 0.717) is 42.6 Å². The van der Waals surface area contributed by atoms with E-state index in [1.54, 1.807) is 10.6 Å². The zero-order valence-corrected chi connectivity index (χ0v) is 16.5. The normalized spacial score (nSPS) is 17.8. The monoisotopic (exact) mass is 392 g/mol. The highest BCUT2D eigenvalue weighted by atomic mass is 16.5. The van der Waals surface area contributed by atoms with Crippen LogP contribution in [-0.4, -0.2) is 38.6 Å². The van der Waals surface area contributed by atoms with Crippen LogP contribution in [-0.2, 0) is 6.54 Å². The van der Waals surface area contributed by atoms with Gasteiger partial charge in [-0.25, -0.2) is 4.98 Å². The molecule has 2 fully saturated rings. The van der Waals surface area contributed by atoms with E-state index in [1.807, 2.05) is 36.1 Å². The molecule has 29 heavy (non-hydrogen) atoms. The highest BCUT2D eigenvalue weighted by Crippen LogP contribution is 2.40. The summed E-state index contributed by atoms with van der Waals surface area (Å²) < 4.78 is 7.10. The fourth-order valence-electron chi connectivity index (χ4n) is 4.18. The third kappa shape index (κ3) is 3.45. The minimum absolute atomic E-state index is 0.0156. The first kappa shape index (κ1) is 18.1. The SMILES string of the molecule is Cc1nc2ccccc2c(=O)n1CC1CCN(C(=O)c2cc(C3CC3)on2)CC1. The average Bonchev–Trinajstić information content (AvgIpc) is 3.48. The van der Waals surface area contributed by atoms with Crippen LogP contribution in [0, 0.1) is 12.8 Å². The van der Waals surface area contributed by atoms with Gasteiger partial charge in [-0.15, -0.1) is 0 Å². The molecule has 2 aliphatic rings. The molecule has 3 heterocycles. The Morgan fingerprint density at radius 3 is 2.69 bits per heavy atom. The van der Waals surface area contributed by atoms with Crippen LogP contribution in [0.2, 0.25) is 0 Å². The maximum absolute atomic E-state index is 12.9. The second-order valence-electron chi connectivity index (χ2n) is 8.22. The summed E-state index contributed by atoms with van der Waals surface area (Å²) in [5.74, 6) is 2.31. The summed E-state index contributed by atoms with van der Waals surface area (Å²) in [5, 5.41) is 4.63. The molecule has 150 valence electrons. The highest BCUT2D eigenvalue weighted by molar-refractivity contribution is 5.92. The van der Waals surface area contributed by atoms with Gasteiger partial charge in [0.2, 0.25) is 0 Å². The predicted octanol–water partition coefficient (Wildman–Crippen LogP) is 3.12. The molecule has 0 unspecified atom stereocenters. The molecule has 1 aliphatic heterocycles. The Kier molecular flexibility index (Phi) is 4.45. The molecule has 0 atom stereocenters. The fourth-order valence-corrected chi connectivity index (χ4v) is 4.18. The van der Waals surface area contributed by atoms with Crippen molar-refractivity contribution in [1.29, 1.82) is 0 Å². The smallest absolute Gasteiger partial charge is 0.276 e. The lowest BCUT2D eigenvalue weighted by molar-refractivity contribution is 0.0671. The van der Waals surface area contributed by atoms with Crippen molar-refractivity contribution in [2.75, 3.05) is 13.1 Å². The number of rotatable bonds is 4. The Hall–Kier alpha value is -2.96. The number of fused-ring (bicyclic) bond motifs is 1. The number of para-hydroxylation sites is 1. The molecule has 3 aromatic rings. The Morgan fingerprint density at radius 1 is 1.17 bits per heavy atom. The number of aryl methyl sites for hydroxylation is 1.